The number of nitrogens with one attached hydrogen (secondary N) is 3. The van der Waals surface area contributed by atoms with Crippen molar-refractivity contribution in [2.45, 2.75) is 6.92 Å². The molecule has 0 unspecified atom stereocenters. The van der Waals surface area contributed by atoms with Crippen molar-refractivity contribution in [3.8, 4) is 11.5 Å². The zero-order valence-corrected chi connectivity index (χ0v) is 20.1. The highest BCUT2D eigenvalue weighted by Gasteiger charge is 2.09. The smallest absolute Gasteiger partial charge is 0.255 e. The van der Waals surface area contributed by atoms with E-state index in [-0.39, 0.29) is 12.6 Å². The number of carbonyl (C=O) groups excluding carboxylic acids is 1. The first-order chi connectivity index (χ1) is 18.1. The van der Waals surface area contributed by atoms with Crippen LogP contribution in [-0.2, 0) is 4.79 Å². The minimum Gasteiger partial charge on any atom is -0.490 e. The number of hydrazone groups is 1. The number of aromatic nitrogens is 3. The van der Waals surface area contributed by atoms with Crippen molar-refractivity contribution in [3.05, 3.63) is 84.4 Å². The Hall–Kier alpha value is -5.19. The van der Waals surface area contributed by atoms with Crippen LogP contribution in [0.15, 0.2) is 84.0 Å². The molecule has 0 saturated heterocycles. The molecule has 0 saturated carbocycles. The van der Waals surface area contributed by atoms with Gasteiger partial charge in [-0.3, -0.25) is 4.79 Å². The van der Waals surface area contributed by atoms with Gasteiger partial charge in [-0.1, -0.05) is 36.4 Å². The van der Waals surface area contributed by atoms with E-state index >= 15 is 0 Å². The molecule has 3 aromatic carbocycles. The lowest BCUT2D eigenvalue weighted by atomic mass is 10.2. The average Bonchev–Trinajstić information content (AvgIpc) is 2.89. The van der Waals surface area contributed by atoms with E-state index in [1.807, 2.05) is 67.6 Å². The number of nitrogens with zero attached hydrogens (tertiary/aromatic N) is 4. The van der Waals surface area contributed by atoms with Crippen LogP contribution >= 0.6 is 0 Å². The summed E-state index contributed by atoms with van der Waals surface area (Å²) < 4.78 is 11.0. The van der Waals surface area contributed by atoms with Crippen molar-refractivity contribution in [1.82, 2.24) is 15.0 Å². The number of amides is 1. The molecular weight excluding hydrogens is 472 g/mol. The molecular formula is C26H26N8O3. The average molecular weight is 499 g/mol. The molecule has 4 rings (SSSR count). The number of ether oxygens (including phenoxy) is 2. The standard InChI is InChI=1S/C26H26N8O3/c1-2-36-22-15-18(13-14-21(22)37-17-23(27)35)16-28-34-26-32-24(29-19-9-5-3-6-10-19)31-25(33-26)30-20-11-7-4-8-12-20/h3-16H,2,17H2,1H3,(H2,27,35)(H3,29,30,31,32,33,34)/b28-16+. The Balaban J connectivity index is 1.53. The van der Waals surface area contributed by atoms with Crippen molar-refractivity contribution in [1.29, 1.82) is 0 Å². The Kier molecular flexibility index (Phi) is 8.42. The first kappa shape index (κ1) is 24.9. The largest absolute Gasteiger partial charge is 0.490 e. The van der Waals surface area contributed by atoms with Gasteiger partial charge in [0.1, 0.15) is 0 Å². The summed E-state index contributed by atoms with van der Waals surface area (Å²) in [5, 5.41) is 10.6. The number of primary amides is 1. The number of anilines is 5. The first-order valence-electron chi connectivity index (χ1n) is 11.5. The van der Waals surface area contributed by atoms with Gasteiger partial charge in [-0.2, -0.15) is 20.1 Å². The van der Waals surface area contributed by atoms with Gasteiger partial charge in [0.15, 0.2) is 18.1 Å². The van der Waals surface area contributed by atoms with Gasteiger partial charge in [-0.25, -0.2) is 5.43 Å². The van der Waals surface area contributed by atoms with E-state index < -0.39 is 5.91 Å². The van der Waals surface area contributed by atoms with Gasteiger partial charge in [0.25, 0.3) is 5.91 Å². The van der Waals surface area contributed by atoms with Crippen LogP contribution in [0.5, 0.6) is 11.5 Å². The molecule has 11 heteroatoms. The zero-order chi connectivity index (χ0) is 25.9. The molecule has 0 fully saturated rings. The molecule has 0 aliphatic carbocycles. The highest BCUT2D eigenvalue weighted by molar-refractivity contribution is 5.81. The third kappa shape index (κ3) is 7.65. The Labute approximate surface area is 213 Å². The zero-order valence-electron chi connectivity index (χ0n) is 20.1. The Morgan fingerprint density at radius 3 is 2.00 bits per heavy atom. The van der Waals surface area contributed by atoms with Crippen LogP contribution < -0.4 is 31.3 Å². The highest BCUT2D eigenvalue weighted by Crippen LogP contribution is 2.28. The summed E-state index contributed by atoms with van der Waals surface area (Å²) in [7, 11) is 0. The van der Waals surface area contributed by atoms with Crippen LogP contribution in [0.25, 0.3) is 0 Å². The van der Waals surface area contributed by atoms with Crippen LogP contribution in [0.3, 0.4) is 0 Å². The van der Waals surface area contributed by atoms with Crippen molar-refractivity contribution < 1.29 is 14.3 Å². The lowest BCUT2D eigenvalue weighted by molar-refractivity contribution is -0.119. The number of rotatable bonds is 12. The molecule has 0 aliphatic heterocycles. The van der Waals surface area contributed by atoms with Crippen molar-refractivity contribution in [2.24, 2.45) is 10.8 Å². The molecule has 1 amide bonds. The van der Waals surface area contributed by atoms with E-state index in [4.69, 9.17) is 15.2 Å². The summed E-state index contributed by atoms with van der Waals surface area (Å²) in [6, 6.07) is 24.3. The third-order valence-corrected chi connectivity index (χ3v) is 4.71. The van der Waals surface area contributed by atoms with Gasteiger partial charge in [0.2, 0.25) is 17.8 Å². The van der Waals surface area contributed by atoms with Crippen molar-refractivity contribution in [3.63, 3.8) is 0 Å². The lowest BCUT2D eigenvalue weighted by Gasteiger charge is -2.11. The fourth-order valence-corrected chi connectivity index (χ4v) is 3.14. The van der Waals surface area contributed by atoms with Gasteiger partial charge in [-0.15, -0.1) is 0 Å². The summed E-state index contributed by atoms with van der Waals surface area (Å²) in [6.07, 6.45) is 1.58. The molecule has 0 aliphatic rings. The van der Waals surface area contributed by atoms with Gasteiger partial charge in [0, 0.05) is 11.4 Å². The molecule has 37 heavy (non-hydrogen) atoms. The SMILES string of the molecule is CCOc1cc(/C=N/Nc2nc(Nc3ccccc3)nc(Nc3ccccc3)n2)ccc1OCC(N)=O. The van der Waals surface area contributed by atoms with E-state index in [1.165, 1.54) is 0 Å². The molecule has 5 N–H and O–H groups in total. The lowest BCUT2D eigenvalue weighted by Crippen LogP contribution is -2.20. The Morgan fingerprint density at radius 2 is 1.43 bits per heavy atom. The van der Waals surface area contributed by atoms with E-state index in [0.717, 1.165) is 16.9 Å². The fraction of sp³-hybridized carbons (Fsp3) is 0.115. The number of para-hydroxylation sites is 2. The number of carbonyl (C=O) groups is 1. The summed E-state index contributed by atoms with van der Waals surface area (Å²) in [6.45, 7) is 2.03. The van der Waals surface area contributed by atoms with E-state index in [2.05, 4.69) is 36.1 Å². The number of benzene rings is 3. The normalized spacial score (nSPS) is 10.6. The number of hydrogen-bond acceptors (Lipinski definition) is 10. The van der Waals surface area contributed by atoms with E-state index in [1.54, 1.807) is 24.4 Å². The van der Waals surface area contributed by atoms with Crippen LogP contribution in [0.2, 0.25) is 0 Å². The molecule has 0 bridgehead atoms. The molecule has 11 nitrogen and oxygen atoms in total. The Bertz CT molecular complexity index is 1290. The predicted octanol–water partition coefficient (Wildman–Crippen LogP) is 4.07. The van der Waals surface area contributed by atoms with Gasteiger partial charge >= 0.3 is 0 Å². The number of nitrogens with two attached hydrogens (primary N) is 1. The quantitative estimate of drug-likeness (QED) is 0.167. The van der Waals surface area contributed by atoms with E-state index in [0.29, 0.717) is 30.0 Å². The molecule has 188 valence electrons. The highest BCUT2D eigenvalue weighted by atomic mass is 16.5. The minimum absolute atomic E-state index is 0.231. The van der Waals surface area contributed by atoms with Gasteiger partial charge < -0.3 is 25.8 Å². The summed E-state index contributed by atoms with van der Waals surface area (Å²) in [5.74, 6) is 1.22. The maximum atomic E-state index is 11.0. The summed E-state index contributed by atoms with van der Waals surface area (Å²) in [4.78, 5) is 24.3. The van der Waals surface area contributed by atoms with Crippen LogP contribution in [0.4, 0.5) is 29.2 Å². The second-order valence-electron chi connectivity index (χ2n) is 7.55. The molecule has 4 aromatic rings. The van der Waals surface area contributed by atoms with Crippen molar-refractivity contribution in [2.75, 3.05) is 29.3 Å². The predicted molar refractivity (Wildman–Crippen MR) is 143 cm³/mol. The molecule has 0 spiro atoms. The summed E-state index contributed by atoms with van der Waals surface area (Å²) in [5.41, 5.74) is 10.4. The minimum atomic E-state index is -0.572. The molecule has 0 atom stereocenters. The first-order valence-corrected chi connectivity index (χ1v) is 11.5. The molecule has 1 heterocycles. The maximum absolute atomic E-state index is 11.0. The second kappa shape index (κ2) is 12.5. The van der Waals surface area contributed by atoms with Gasteiger partial charge in [0.05, 0.1) is 12.8 Å². The molecule has 1 aromatic heterocycles. The Morgan fingerprint density at radius 1 is 0.838 bits per heavy atom. The van der Waals surface area contributed by atoms with Crippen LogP contribution in [0.1, 0.15) is 12.5 Å². The van der Waals surface area contributed by atoms with Crippen molar-refractivity contribution >= 4 is 41.3 Å². The monoisotopic (exact) mass is 498 g/mol. The fourth-order valence-electron chi connectivity index (χ4n) is 3.14. The topological polar surface area (TPSA) is 149 Å². The number of hydrogen-bond donors (Lipinski definition) is 4. The summed E-state index contributed by atoms with van der Waals surface area (Å²) >= 11 is 0. The van der Waals surface area contributed by atoms with Crippen LogP contribution in [0, 0.1) is 0 Å². The molecule has 0 radical (unpaired) electrons. The third-order valence-electron chi connectivity index (χ3n) is 4.71. The second-order valence-corrected chi connectivity index (χ2v) is 7.55. The van der Waals surface area contributed by atoms with Crippen LogP contribution in [-0.4, -0.2) is 40.3 Å². The van der Waals surface area contributed by atoms with E-state index in [9.17, 15) is 4.79 Å². The van der Waals surface area contributed by atoms with Gasteiger partial charge in [-0.05, 0) is 55.0 Å². The maximum Gasteiger partial charge on any atom is 0.255 e.